The predicted molar refractivity (Wildman–Crippen MR) is 73.9 cm³/mol. The van der Waals surface area contributed by atoms with E-state index < -0.39 is 11.9 Å². The Morgan fingerprint density at radius 3 is 2.95 bits per heavy atom. The molecule has 0 aliphatic carbocycles. The zero-order chi connectivity index (χ0) is 14.7. The number of hydrogen-bond acceptors (Lipinski definition) is 3. The number of amides is 2. The Balaban J connectivity index is 2.04. The van der Waals surface area contributed by atoms with Crippen LogP contribution < -0.4 is 5.32 Å². The molecule has 0 spiro atoms. The van der Waals surface area contributed by atoms with E-state index in [1.54, 1.807) is 4.90 Å². The second kappa shape index (κ2) is 6.21. The number of rotatable bonds is 2. The van der Waals surface area contributed by atoms with Crippen molar-refractivity contribution in [2.45, 2.75) is 12.5 Å². The Hall–Kier alpha value is -1.63. The van der Waals surface area contributed by atoms with Gasteiger partial charge in [-0.05, 0) is 40.5 Å². The second-order valence-electron chi connectivity index (χ2n) is 4.50. The Bertz CT molecular complexity index is 538. The summed E-state index contributed by atoms with van der Waals surface area (Å²) in [6.45, 7) is 0.896. The lowest BCUT2D eigenvalue weighted by atomic mass is 10.2. The highest BCUT2D eigenvalue weighted by molar-refractivity contribution is 9.10. The van der Waals surface area contributed by atoms with Gasteiger partial charge >= 0.3 is 6.09 Å². The minimum Gasteiger partial charge on any atom is -0.453 e. The van der Waals surface area contributed by atoms with E-state index in [9.17, 15) is 14.0 Å². The van der Waals surface area contributed by atoms with Crippen LogP contribution in [0.15, 0.2) is 22.7 Å². The average molecular weight is 345 g/mol. The zero-order valence-corrected chi connectivity index (χ0v) is 12.4. The van der Waals surface area contributed by atoms with Crippen molar-refractivity contribution >= 4 is 27.9 Å². The summed E-state index contributed by atoms with van der Waals surface area (Å²) in [6, 6.07) is 3.85. The summed E-state index contributed by atoms with van der Waals surface area (Å²) >= 11 is 3.24. The van der Waals surface area contributed by atoms with Gasteiger partial charge in [-0.1, -0.05) is 0 Å². The lowest BCUT2D eigenvalue weighted by Crippen LogP contribution is -2.38. The highest BCUT2D eigenvalue weighted by Gasteiger charge is 2.29. The molecule has 0 saturated carbocycles. The summed E-state index contributed by atoms with van der Waals surface area (Å²) in [7, 11) is 1.29. The van der Waals surface area contributed by atoms with Crippen LogP contribution >= 0.6 is 15.9 Å². The third kappa shape index (κ3) is 3.27. The number of methoxy groups -OCH3 is 1. The minimum atomic E-state index is -0.517. The van der Waals surface area contributed by atoms with Crippen molar-refractivity contribution in [1.29, 1.82) is 0 Å². The van der Waals surface area contributed by atoms with Crippen LogP contribution in [-0.4, -0.2) is 43.1 Å². The van der Waals surface area contributed by atoms with Gasteiger partial charge in [0.1, 0.15) is 5.82 Å². The van der Waals surface area contributed by atoms with Crippen molar-refractivity contribution in [3.8, 4) is 0 Å². The van der Waals surface area contributed by atoms with Crippen LogP contribution in [-0.2, 0) is 4.74 Å². The van der Waals surface area contributed by atoms with Gasteiger partial charge in [0.25, 0.3) is 5.91 Å². The summed E-state index contributed by atoms with van der Waals surface area (Å²) in [4.78, 5) is 25.0. The monoisotopic (exact) mass is 344 g/mol. The number of likely N-dealkylation sites (tertiary alicyclic amines) is 1. The number of carbonyl (C=O) groups is 2. The number of benzene rings is 1. The molecule has 0 radical (unpaired) electrons. The van der Waals surface area contributed by atoms with Crippen molar-refractivity contribution in [2.24, 2.45) is 0 Å². The van der Waals surface area contributed by atoms with Gasteiger partial charge in [0, 0.05) is 17.6 Å². The Morgan fingerprint density at radius 2 is 2.25 bits per heavy atom. The SMILES string of the molecule is COC(=O)NC1CCN(C(=O)c2cc(F)ccc2Br)C1. The largest absolute Gasteiger partial charge is 0.453 e. The number of carbonyl (C=O) groups excluding carboxylic acids is 2. The van der Waals surface area contributed by atoms with Gasteiger partial charge in [0.15, 0.2) is 0 Å². The van der Waals surface area contributed by atoms with Crippen molar-refractivity contribution in [3.05, 3.63) is 34.1 Å². The fourth-order valence-electron chi connectivity index (χ4n) is 2.12. The van der Waals surface area contributed by atoms with Gasteiger partial charge < -0.3 is 15.0 Å². The normalized spacial score (nSPS) is 17.9. The first-order valence-corrected chi connectivity index (χ1v) is 6.89. The second-order valence-corrected chi connectivity index (χ2v) is 5.35. The molecular weight excluding hydrogens is 331 g/mol. The molecule has 1 unspecified atom stereocenters. The molecule has 1 aromatic carbocycles. The molecule has 1 aliphatic rings. The molecule has 20 heavy (non-hydrogen) atoms. The van der Waals surface area contributed by atoms with Gasteiger partial charge in [0.05, 0.1) is 18.7 Å². The highest BCUT2D eigenvalue weighted by Crippen LogP contribution is 2.22. The number of halogens is 2. The van der Waals surface area contributed by atoms with Crippen LogP contribution in [0.2, 0.25) is 0 Å². The standard InChI is InChI=1S/C13H14BrFN2O3/c1-20-13(19)16-9-4-5-17(7-9)12(18)10-6-8(15)2-3-11(10)14/h2-3,6,9H,4-5,7H2,1H3,(H,16,19). The molecular formula is C13H14BrFN2O3. The highest BCUT2D eigenvalue weighted by atomic mass is 79.9. The lowest BCUT2D eigenvalue weighted by molar-refractivity contribution is 0.0786. The third-order valence-electron chi connectivity index (χ3n) is 3.14. The maximum absolute atomic E-state index is 13.2. The quantitative estimate of drug-likeness (QED) is 0.894. The average Bonchev–Trinajstić information content (AvgIpc) is 2.89. The Labute approximate surface area is 124 Å². The van der Waals surface area contributed by atoms with E-state index in [1.165, 1.54) is 25.3 Å². The number of alkyl carbamates (subject to hydrolysis) is 1. The first-order valence-electron chi connectivity index (χ1n) is 6.10. The van der Waals surface area contributed by atoms with E-state index in [2.05, 4.69) is 26.0 Å². The van der Waals surface area contributed by atoms with E-state index in [1.807, 2.05) is 0 Å². The lowest BCUT2D eigenvalue weighted by Gasteiger charge is -2.17. The number of nitrogens with one attached hydrogen (secondary N) is 1. The first-order chi connectivity index (χ1) is 9.51. The van der Waals surface area contributed by atoms with Crippen LogP contribution in [0.3, 0.4) is 0 Å². The van der Waals surface area contributed by atoms with Crippen LogP contribution in [0.5, 0.6) is 0 Å². The number of hydrogen-bond donors (Lipinski definition) is 1. The summed E-state index contributed by atoms with van der Waals surface area (Å²) in [6.07, 6.45) is 0.129. The van der Waals surface area contributed by atoms with Crippen molar-refractivity contribution in [2.75, 3.05) is 20.2 Å². The molecule has 0 aromatic heterocycles. The van der Waals surface area contributed by atoms with Gasteiger partial charge in [-0.3, -0.25) is 4.79 Å². The van der Waals surface area contributed by atoms with Gasteiger partial charge in [-0.15, -0.1) is 0 Å². The maximum Gasteiger partial charge on any atom is 0.407 e. The minimum absolute atomic E-state index is 0.140. The van der Waals surface area contributed by atoms with Crippen LogP contribution in [0, 0.1) is 5.82 Å². The van der Waals surface area contributed by atoms with E-state index in [4.69, 9.17) is 0 Å². The first kappa shape index (κ1) is 14.8. The summed E-state index contributed by atoms with van der Waals surface area (Å²) < 4.78 is 18.3. The molecule has 108 valence electrons. The summed E-state index contributed by atoms with van der Waals surface area (Å²) in [5.74, 6) is -0.717. The van der Waals surface area contributed by atoms with Crippen molar-refractivity contribution < 1.29 is 18.7 Å². The molecule has 1 aliphatic heterocycles. The third-order valence-corrected chi connectivity index (χ3v) is 3.83. The summed E-state index contributed by atoms with van der Waals surface area (Å²) in [5, 5.41) is 2.65. The van der Waals surface area contributed by atoms with E-state index in [-0.39, 0.29) is 17.5 Å². The smallest absolute Gasteiger partial charge is 0.407 e. The molecule has 1 saturated heterocycles. The van der Waals surface area contributed by atoms with Crippen LogP contribution in [0.4, 0.5) is 9.18 Å². The molecule has 5 nitrogen and oxygen atoms in total. The molecule has 1 N–H and O–H groups in total. The number of nitrogens with zero attached hydrogens (tertiary/aromatic N) is 1. The fourth-order valence-corrected chi connectivity index (χ4v) is 2.54. The molecule has 1 atom stereocenters. The topological polar surface area (TPSA) is 58.6 Å². The number of ether oxygens (including phenoxy) is 1. The molecule has 1 fully saturated rings. The molecule has 1 heterocycles. The zero-order valence-electron chi connectivity index (χ0n) is 10.9. The maximum atomic E-state index is 13.2. The Kier molecular flexibility index (Phi) is 4.59. The van der Waals surface area contributed by atoms with Crippen LogP contribution in [0.25, 0.3) is 0 Å². The molecule has 7 heteroatoms. The molecule has 0 bridgehead atoms. The van der Waals surface area contributed by atoms with E-state index in [0.717, 1.165) is 0 Å². The van der Waals surface area contributed by atoms with Crippen molar-refractivity contribution in [1.82, 2.24) is 10.2 Å². The van der Waals surface area contributed by atoms with E-state index >= 15 is 0 Å². The molecule has 2 rings (SSSR count). The van der Waals surface area contributed by atoms with Gasteiger partial charge in [0.2, 0.25) is 0 Å². The van der Waals surface area contributed by atoms with Crippen LogP contribution in [0.1, 0.15) is 16.8 Å². The Morgan fingerprint density at radius 1 is 1.50 bits per heavy atom. The molecule has 2 amide bonds. The van der Waals surface area contributed by atoms with Gasteiger partial charge in [-0.2, -0.15) is 0 Å². The van der Waals surface area contributed by atoms with E-state index in [0.29, 0.717) is 24.0 Å². The predicted octanol–water partition coefficient (Wildman–Crippen LogP) is 2.16. The molecule has 1 aromatic rings. The summed E-state index contributed by atoms with van der Waals surface area (Å²) in [5.41, 5.74) is 0.281. The van der Waals surface area contributed by atoms with Crippen molar-refractivity contribution in [3.63, 3.8) is 0 Å². The fraction of sp³-hybridized carbons (Fsp3) is 0.385. The van der Waals surface area contributed by atoms with Gasteiger partial charge in [-0.25, -0.2) is 9.18 Å².